The molecule has 0 aliphatic heterocycles. The first-order valence-corrected chi connectivity index (χ1v) is 6.04. The van der Waals surface area contributed by atoms with Crippen LogP contribution in [0.1, 0.15) is 0 Å². The molecule has 3 aromatic rings. The summed E-state index contributed by atoms with van der Waals surface area (Å²) in [5.74, 6) is 0.322. The molecule has 0 saturated heterocycles. The molecule has 4 nitrogen and oxygen atoms in total. The Kier molecular flexibility index (Phi) is 4.29. The molecule has 0 unspecified atom stereocenters. The van der Waals surface area contributed by atoms with Gasteiger partial charge in [0.1, 0.15) is 5.75 Å². The SMILES string of the molecule is O=[N+]([O-])c1cccc2ccccc12.Oc1ccccc1. The first-order valence-electron chi connectivity index (χ1n) is 6.04. The highest BCUT2D eigenvalue weighted by atomic mass is 16.6. The zero-order valence-electron chi connectivity index (χ0n) is 10.6. The van der Waals surface area contributed by atoms with Crippen molar-refractivity contribution in [2.75, 3.05) is 0 Å². The number of nitrogens with zero attached hydrogens (tertiary/aromatic N) is 1. The van der Waals surface area contributed by atoms with Crippen LogP contribution in [0.2, 0.25) is 0 Å². The minimum absolute atomic E-state index is 0.165. The zero-order valence-corrected chi connectivity index (χ0v) is 10.6. The summed E-state index contributed by atoms with van der Waals surface area (Å²) in [6, 6.07) is 21.1. The minimum atomic E-state index is -0.359. The summed E-state index contributed by atoms with van der Waals surface area (Å²) in [6.45, 7) is 0. The molecule has 0 aliphatic carbocycles. The van der Waals surface area contributed by atoms with E-state index in [4.69, 9.17) is 5.11 Å². The van der Waals surface area contributed by atoms with Crippen LogP contribution in [0.3, 0.4) is 0 Å². The summed E-state index contributed by atoms with van der Waals surface area (Å²) in [5.41, 5.74) is 0.165. The third kappa shape index (κ3) is 3.32. The Labute approximate surface area is 116 Å². The van der Waals surface area contributed by atoms with Gasteiger partial charge < -0.3 is 5.11 Å². The first kappa shape index (κ1) is 13.5. The van der Waals surface area contributed by atoms with Gasteiger partial charge in [-0.05, 0) is 23.6 Å². The van der Waals surface area contributed by atoms with E-state index in [1.807, 2.05) is 24.3 Å². The van der Waals surface area contributed by atoms with Crippen LogP contribution in [-0.4, -0.2) is 10.0 Å². The number of non-ortho nitro benzene ring substituents is 1. The molecule has 0 aliphatic rings. The Bertz CT molecular complexity index is 706. The van der Waals surface area contributed by atoms with Crippen molar-refractivity contribution in [3.05, 3.63) is 82.9 Å². The van der Waals surface area contributed by atoms with E-state index in [1.165, 1.54) is 6.07 Å². The Morgan fingerprint density at radius 2 is 1.40 bits per heavy atom. The van der Waals surface area contributed by atoms with Crippen LogP contribution in [0.5, 0.6) is 5.75 Å². The number of phenols is 1. The second kappa shape index (κ2) is 6.33. The van der Waals surface area contributed by atoms with Crippen molar-refractivity contribution in [3.63, 3.8) is 0 Å². The molecule has 0 aromatic heterocycles. The highest BCUT2D eigenvalue weighted by Gasteiger charge is 2.08. The van der Waals surface area contributed by atoms with Crippen LogP contribution in [0.25, 0.3) is 10.8 Å². The van der Waals surface area contributed by atoms with Crippen LogP contribution < -0.4 is 0 Å². The summed E-state index contributed by atoms with van der Waals surface area (Å²) in [5, 5.41) is 20.8. The molecule has 20 heavy (non-hydrogen) atoms. The monoisotopic (exact) mass is 267 g/mol. The largest absolute Gasteiger partial charge is 0.508 e. The van der Waals surface area contributed by atoms with Gasteiger partial charge >= 0.3 is 0 Å². The fraction of sp³-hybridized carbons (Fsp3) is 0. The normalized spacial score (nSPS) is 9.60. The summed E-state index contributed by atoms with van der Waals surface area (Å²) in [7, 11) is 0. The number of nitro groups is 1. The molecule has 1 N–H and O–H groups in total. The average Bonchev–Trinajstić information content (AvgIpc) is 2.48. The van der Waals surface area contributed by atoms with Gasteiger partial charge in [-0.1, -0.05) is 48.5 Å². The van der Waals surface area contributed by atoms with Crippen LogP contribution in [-0.2, 0) is 0 Å². The fourth-order valence-electron chi connectivity index (χ4n) is 1.80. The Morgan fingerprint density at radius 3 is 2.00 bits per heavy atom. The number of hydrogen-bond donors (Lipinski definition) is 1. The molecule has 0 fully saturated rings. The van der Waals surface area contributed by atoms with Gasteiger partial charge in [0.15, 0.2) is 0 Å². The standard InChI is InChI=1S/C10H7NO2.C6H6O/c12-11(13)10-7-3-5-8-4-1-2-6-9(8)10;7-6-4-2-1-3-5-6/h1-7H;1-5,7H. The van der Waals surface area contributed by atoms with E-state index in [1.54, 1.807) is 42.5 Å². The van der Waals surface area contributed by atoms with Crippen molar-refractivity contribution in [2.45, 2.75) is 0 Å². The number of para-hydroxylation sites is 1. The number of nitro benzene ring substituents is 1. The summed E-state index contributed by atoms with van der Waals surface area (Å²) < 4.78 is 0. The van der Waals surface area contributed by atoms with Crippen molar-refractivity contribution in [2.24, 2.45) is 0 Å². The number of aromatic hydroxyl groups is 1. The lowest BCUT2D eigenvalue weighted by Gasteiger charge is -1.97. The van der Waals surface area contributed by atoms with Gasteiger partial charge in [-0.2, -0.15) is 0 Å². The first-order chi connectivity index (χ1) is 9.68. The number of benzene rings is 3. The lowest BCUT2D eigenvalue weighted by Crippen LogP contribution is -1.88. The van der Waals surface area contributed by atoms with Gasteiger partial charge in [-0.3, -0.25) is 10.1 Å². The molecule has 0 spiro atoms. The van der Waals surface area contributed by atoms with Crippen molar-refractivity contribution in [1.29, 1.82) is 0 Å². The van der Waals surface area contributed by atoms with E-state index in [0.717, 1.165) is 5.39 Å². The van der Waals surface area contributed by atoms with Crippen molar-refractivity contribution in [3.8, 4) is 5.75 Å². The minimum Gasteiger partial charge on any atom is -0.508 e. The topological polar surface area (TPSA) is 63.4 Å². The van der Waals surface area contributed by atoms with E-state index < -0.39 is 0 Å². The molecule has 100 valence electrons. The number of rotatable bonds is 1. The molecule has 0 amide bonds. The molecule has 4 heteroatoms. The number of hydrogen-bond acceptors (Lipinski definition) is 3. The number of phenolic OH excluding ortho intramolecular Hbond substituents is 1. The summed E-state index contributed by atoms with van der Waals surface area (Å²) >= 11 is 0. The van der Waals surface area contributed by atoms with Gasteiger partial charge in [0, 0.05) is 6.07 Å². The van der Waals surface area contributed by atoms with Crippen molar-refractivity contribution < 1.29 is 10.0 Å². The molecule has 0 bridgehead atoms. The highest BCUT2D eigenvalue weighted by molar-refractivity contribution is 5.90. The third-order valence-corrected chi connectivity index (χ3v) is 2.72. The Morgan fingerprint density at radius 1 is 0.800 bits per heavy atom. The van der Waals surface area contributed by atoms with E-state index in [2.05, 4.69) is 0 Å². The van der Waals surface area contributed by atoms with Crippen LogP contribution in [0.4, 0.5) is 5.69 Å². The van der Waals surface area contributed by atoms with Crippen LogP contribution >= 0.6 is 0 Å². The zero-order chi connectivity index (χ0) is 14.4. The maximum atomic E-state index is 10.6. The molecular weight excluding hydrogens is 254 g/mol. The second-order valence-corrected chi connectivity index (χ2v) is 4.09. The predicted octanol–water partition coefficient (Wildman–Crippen LogP) is 4.14. The van der Waals surface area contributed by atoms with Gasteiger partial charge in [-0.15, -0.1) is 0 Å². The molecule has 0 heterocycles. The maximum Gasteiger partial charge on any atom is 0.277 e. The van der Waals surface area contributed by atoms with Crippen molar-refractivity contribution in [1.82, 2.24) is 0 Å². The molecule has 3 aromatic carbocycles. The smallest absolute Gasteiger partial charge is 0.277 e. The number of fused-ring (bicyclic) bond motifs is 1. The lowest BCUT2D eigenvalue weighted by atomic mass is 10.1. The highest BCUT2D eigenvalue weighted by Crippen LogP contribution is 2.24. The third-order valence-electron chi connectivity index (χ3n) is 2.72. The van der Waals surface area contributed by atoms with Crippen LogP contribution in [0.15, 0.2) is 72.8 Å². The fourth-order valence-corrected chi connectivity index (χ4v) is 1.80. The second-order valence-electron chi connectivity index (χ2n) is 4.09. The van der Waals surface area contributed by atoms with Crippen LogP contribution in [0, 0.1) is 10.1 Å². The van der Waals surface area contributed by atoms with Gasteiger partial charge in [0.2, 0.25) is 0 Å². The Balaban J connectivity index is 0.000000178. The quantitative estimate of drug-likeness (QED) is 0.532. The van der Waals surface area contributed by atoms with Crippen molar-refractivity contribution >= 4 is 16.5 Å². The van der Waals surface area contributed by atoms with E-state index in [9.17, 15) is 10.1 Å². The van der Waals surface area contributed by atoms with E-state index in [-0.39, 0.29) is 10.6 Å². The molecule has 3 rings (SSSR count). The van der Waals surface area contributed by atoms with E-state index >= 15 is 0 Å². The van der Waals surface area contributed by atoms with Gasteiger partial charge in [-0.25, -0.2) is 0 Å². The van der Waals surface area contributed by atoms with Gasteiger partial charge in [0.05, 0.1) is 10.3 Å². The summed E-state index contributed by atoms with van der Waals surface area (Å²) in [6.07, 6.45) is 0. The lowest BCUT2D eigenvalue weighted by molar-refractivity contribution is -0.383. The maximum absolute atomic E-state index is 10.6. The molecule has 0 atom stereocenters. The van der Waals surface area contributed by atoms with E-state index in [0.29, 0.717) is 11.1 Å². The predicted molar refractivity (Wildman–Crippen MR) is 78.7 cm³/mol. The molecule has 0 radical (unpaired) electrons. The molecular formula is C16H13NO3. The summed E-state index contributed by atoms with van der Waals surface area (Å²) in [4.78, 5) is 10.3. The van der Waals surface area contributed by atoms with Gasteiger partial charge in [0.25, 0.3) is 5.69 Å². The average molecular weight is 267 g/mol. The Hall–Kier alpha value is -2.88. The molecule has 0 saturated carbocycles.